The highest BCUT2D eigenvalue weighted by Gasteiger charge is 2.45. The number of aryl methyl sites for hydroxylation is 3. The molecule has 7 heteroatoms. The predicted molar refractivity (Wildman–Crippen MR) is 136 cm³/mol. The van der Waals surface area contributed by atoms with Crippen molar-refractivity contribution in [2.24, 2.45) is 15.7 Å². The van der Waals surface area contributed by atoms with E-state index in [0.29, 0.717) is 13.2 Å². The summed E-state index contributed by atoms with van der Waals surface area (Å²) in [5.41, 5.74) is 7.69. The second kappa shape index (κ2) is 9.94. The second-order valence-corrected chi connectivity index (χ2v) is 9.72. The molecule has 5 rings (SSSR count). The van der Waals surface area contributed by atoms with Gasteiger partial charge >= 0.3 is 0 Å². The molecule has 0 bridgehead atoms. The topological polar surface area (TPSA) is 81.9 Å². The Bertz CT molecular complexity index is 1250. The van der Waals surface area contributed by atoms with E-state index >= 15 is 0 Å². The van der Waals surface area contributed by atoms with Crippen molar-refractivity contribution >= 4 is 11.4 Å². The number of benzene rings is 1. The zero-order valence-electron chi connectivity index (χ0n) is 20.6. The van der Waals surface area contributed by atoms with Gasteiger partial charge in [-0.1, -0.05) is 40.6 Å². The lowest BCUT2D eigenvalue weighted by molar-refractivity contribution is 0.0318. The highest BCUT2D eigenvalue weighted by molar-refractivity contribution is 6.01. The number of aromatic nitrogens is 3. The van der Waals surface area contributed by atoms with E-state index in [-0.39, 0.29) is 5.41 Å². The molecule has 0 amide bonds. The van der Waals surface area contributed by atoms with Crippen molar-refractivity contribution in [1.82, 2.24) is 15.0 Å². The fourth-order valence-electron chi connectivity index (χ4n) is 4.31. The summed E-state index contributed by atoms with van der Waals surface area (Å²) in [5, 5.41) is 8.83. The molecule has 0 atom stereocenters. The van der Waals surface area contributed by atoms with E-state index in [4.69, 9.17) is 14.7 Å². The van der Waals surface area contributed by atoms with E-state index in [1.54, 1.807) is 0 Å². The van der Waals surface area contributed by atoms with Crippen molar-refractivity contribution in [2.45, 2.75) is 52.9 Å². The average molecular weight is 470 g/mol. The van der Waals surface area contributed by atoms with Crippen molar-refractivity contribution < 1.29 is 9.68 Å². The Hall–Kier alpha value is -3.61. The van der Waals surface area contributed by atoms with Crippen LogP contribution in [0.25, 0.3) is 11.4 Å². The van der Waals surface area contributed by atoms with Gasteiger partial charge in [-0.25, -0.2) is 9.97 Å². The number of oxime groups is 2. The largest absolute Gasteiger partial charge is 0.395 e. The quantitative estimate of drug-likeness (QED) is 0.324. The summed E-state index contributed by atoms with van der Waals surface area (Å²) >= 11 is 0. The number of fused-ring (bicyclic) bond motifs is 1. The Balaban J connectivity index is 1.21. The van der Waals surface area contributed by atoms with Crippen LogP contribution in [-0.4, -0.2) is 39.6 Å². The van der Waals surface area contributed by atoms with Gasteiger partial charge in [0.2, 0.25) is 0 Å². The predicted octanol–water partition coefficient (Wildman–Crippen LogP) is 5.43. The molecule has 2 aliphatic carbocycles. The molecule has 7 nitrogen and oxygen atoms in total. The van der Waals surface area contributed by atoms with Gasteiger partial charge in [-0.15, -0.1) is 0 Å². The monoisotopic (exact) mass is 469 g/mol. The Kier molecular flexibility index (Phi) is 6.57. The Morgan fingerprint density at radius 1 is 1.00 bits per heavy atom. The summed E-state index contributed by atoms with van der Waals surface area (Å²) in [4.78, 5) is 25.5. The van der Waals surface area contributed by atoms with Crippen LogP contribution in [0.15, 0.2) is 59.0 Å². The average Bonchev–Trinajstić information content (AvgIpc) is 3.63. The van der Waals surface area contributed by atoms with E-state index in [2.05, 4.69) is 33.3 Å². The van der Waals surface area contributed by atoms with Gasteiger partial charge < -0.3 is 9.68 Å². The van der Waals surface area contributed by atoms with E-state index in [0.717, 1.165) is 77.6 Å². The molecular formula is C28H31N5O2. The smallest absolute Gasteiger partial charge is 0.159 e. The highest BCUT2D eigenvalue weighted by atomic mass is 16.6. The van der Waals surface area contributed by atoms with Gasteiger partial charge in [0.15, 0.2) is 5.82 Å². The van der Waals surface area contributed by atoms with Crippen molar-refractivity contribution in [1.29, 1.82) is 0 Å². The first-order valence-electron chi connectivity index (χ1n) is 12.2. The van der Waals surface area contributed by atoms with Crippen molar-refractivity contribution in [2.75, 3.05) is 13.2 Å². The lowest BCUT2D eigenvalue weighted by atomic mass is 9.95. The molecule has 2 heterocycles. The molecule has 0 saturated heterocycles. The normalized spacial score (nSPS) is 17.7. The maximum atomic E-state index is 5.86. The summed E-state index contributed by atoms with van der Waals surface area (Å²) in [6, 6.07) is 14.1. The summed E-state index contributed by atoms with van der Waals surface area (Å²) in [6.07, 6.45) is 6.87. The van der Waals surface area contributed by atoms with Crippen LogP contribution in [0.4, 0.5) is 0 Å². The molecule has 2 aliphatic rings. The minimum atomic E-state index is -0.0256. The maximum absolute atomic E-state index is 5.86. The summed E-state index contributed by atoms with van der Waals surface area (Å²) in [5.74, 6) is 0.720. The lowest BCUT2D eigenvalue weighted by Crippen LogP contribution is -2.19. The summed E-state index contributed by atoms with van der Waals surface area (Å²) in [6.45, 7) is 7.00. The molecule has 35 heavy (non-hydrogen) atoms. The first-order valence-corrected chi connectivity index (χ1v) is 12.2. The van der Waals surface area contributed by atoms with Gasteiger partial charge in [0, 0.05) is 22.9 Å². The number of hydrogen-bond acceptors (Lipinski definition) is 7. The van der Waals surface area contributed by atoms with E-state index in [1.165, 1.54) is 5.56 Å². The molecule has 1 saturated carbocycles. The molecule has 0 N–H and O–H groups in total. The molecule has 3 aromatic rings. The van der Waals surface area contributed by atoms with Crippen LogP contribution in [0.1, 0.15) is 60.8 Å². The summed E-state index contributed by atoms with van der Waals surface area (Å²) in [7, 11) is 0. The maximum Gasteiger partial charge on any atom is 0.159 e. The van der Waals surface area contributed by atoms with Crippen LogP contribution in [0.2, 0.25) is 0 Å². The molecular weight excluding hydrogens is 438 g/mol. The van der Waals surface area contributed by atoms with E-state index < -0.39 is 0 Å². The molecule has 2 aromatic heterocycles. The van der Waals surface area contributed by atoms with Crippen LogP contribution >= 0.6 is 0 Å². The number of pyridine rings is 1. The molecule has 0 aliphatic heterocycles. The zero-order chi connectivity index (χ0) is 24.3. The highest BCUT2D eigenvalue weighted by Crippen LogP contribution is 2.46. The van der Waals surface area contributed by atoms with Crippen molar-refractivity contribution in [3.63, 3.8) is 0 Å². The van der Waals surface area contributed by atoms with Crippen molar-refractivity contribution in [3.8, 4) is 11.4 Å². The van der Waals surface area contributed by atoms with E-state index in [1.807, 2.05) is 56.4 Å². The molecule has 0 spiro atoms. The zero-order valence-corrected chi connectivity index (χ0v) is 20.6. The Morgan fingerprint density at radius 3 is 2.57 bits per heavy atom. The van der Waals surface area contributed by atoms with E-state index in [9.17, 15) is 0 Å². The van der Waals surface area contributed by atoms with Gasteiger partial charge in [-0.3, -0.25) is 4.98 Å². The molecule has 180 valence electrons. The van der Waals surface area contributed by atoms with Gasteiger partial charge in [-0.05, 0) is 76.1 Å². The third-order valence-electron chi connectivity index (χ3n) is 6.57. The van der Waals surface area contributed by atoms with Crippen LogP contribution < -0.4 is 0 Å². The fourth-order valence-corrected chi connectivity index (χ4v) is 4.31. The SMILES string of the molecule is CC(=NOCC1(CON=C2CCCc3cnc(-c4ccccc4)nc32)CC1)c1cc(C)cc(C)n1. The first kappa shape index (κ1) is 23.1. The van der Waals surface area contributed by atoms with Crippen LogP contribution in [0.5, 0.6) is 0 Å². The number of rotatable bonds is 8. The summed E-state index contributed by atoms with van der Waals surface area (Å²) < 4.78 is 0. The lowest BCUT2D eigenvalue weighted by Gasteiger charge is -2.18. The van der Waals surface area contributed by atoms with Crippen LogP contribution in [0.3, 0.4) is 0 Å². The van der Waals surface area contributed by atoms with Crippen molar-refractivity contribution in [3.05, 3.63) is 76.9 Å². The molecule has 1 fully saturated rings. The first-order chi connectivity index (χ1) is 17.0. The second-order valence-electron chi connectivity index (χ2n) is 9.72. The minimum absolute atomic E-state index is 0.0256. The standard InChI is InChI=1S/C28H31N5O2/c1-19-14-20(2)30-25(15-19)21(3)32-34-17-28(12-13-28)18-35-33-24-11-7-10-23-16-29-27(31-26(23)24)22-8-5-4-6-9-22/h4-6,8-9,14-16H,7,10-13,17-18H2,1-3H3. The van der Waals surface area contributed by atoms with Gasteiger partial charge in [0.05, 0.1) is 11.4 Å². The third kappa shape index (κ3) is 5.56. The number of nitrogens with zero attached hydrogens (tertiary/aromatic N) is 5. The Morgan fingerprint density at radius 2 is 1.80 bits per heavy atom. The van der Waals surface area contributed by atoms with Gasteiger partial charge in [0.25, 0.3) is 0 Å². The molecule has 1 aromatic carbocycles. The third-order valence-corrected chi connectivity index (χ3v) is 6.57. The van der Waals surface area contributed by atoms with Crippen LogP contribution in [0, 0.1) is 19.3 Å². The van der Waals surface area contributed by atoms with Gasteiger partial charge in [0.1, 0.15) is 24.6 Å². The van der Waals surface area contributed by atoms with Crippen LogP contribution in [-0.2, 0) is 16.1 Å². The molecule has 0 radical (unpaired) electrons. The molecule has 0 unspecified atom stereocenters. The fraction of sp³-hybridized carbons (Fsp3) is 0.393. The Labute approximate surface area is 206 Å². The van der Waals surface area contributed by atoms with Gasteiger partial charge in [-0.2, -0.15) is 0 Å². The number of hydrogen-bond donors (Lipinski definition) is 0. The minimum Gasteiger partial charge on any atom is -0.395 e.